The van der Waals surface area contributed by atoms with Crippen LogP contribution in [0.3, 0.4) is 0 Å². The first kappa shape index (κ1) is 26.2. The molecule has 1 aliphatic rings. The van der Waals surface area contributed by atoms with Gasteiger partial charge in [0, 0.05) is 56.5 Å². The molecular weight excluding hydrogens is 424 g/mol. The van der Waals surface area contributed by atoms with E-state index in [2.05, 4.69) is 5.32 Å². The third-order valence-electron chi connectivity index (χ3n) is 4.51. The van der Waals surface area contributed by atoms with Gasteiger partial charge < -0.3 is 10.2 Å². The van der Waals surface area contributed by atoms with Gasteiger partial charge in [0.05, 0.1) is 5.92 Å². The number of amides is 2. The lowest BCUT2D eigenvalue weighted by molar-refractivity contribution is -0.136. The van der Waals surface area contributed by atoms with Crippen LogP contribution >= 0.6 is 23.5 Å². The minimum Gasteiger partial charge on any atom is -0.352 e. The minimum absolute atomic E-state index is 0.0374. The van der Waals surface area contributed by atoms with E-state index in [1.54, 1.807) is 17.7 Å². The molecule has 30 heavy (non-hydrogen) atoms. The molecule has 1 heterocycles. The summed E-state index contributed by atoms with van der Waals surface area (Å²) in [5.74, 6) is -1.25. The largest absolute Gasteiger partial charge is 0.352 e. The van der Waals surface area contributed by atoms with Crippen LogP contribution in [0.2, 0.25) is 0 Å². The number of thioether (sulfide) groups is 2. The lowest BCUT2D eigenvalue weighted by Crippen LogP contribution is -2.43. The van der Waals surface area contributed by atoms with E-state index in [-0.39, 0.29) is 74.5 Å². The second kappa shape index (κ2) is 15.0. The van der Waals surface area contributed by atoms with Gasteiger partial charge >= 0.3 is 0 Å². The highest BCUT2D eigenvalue weighted by atomic mass is 32.2. The maximum atomic E-state index is 13.2. The molecule has 1 atom stereocenters. The van der Waals surface area contributed by atoms with Gasteiger partial charge in [0.1, 0.15) is 11.6 Å². The van der Waals surface area contributed by atoms with Crippen LogP contribution in [0, 0.1) is 5.92 Å². The first-order valence-corrected chi connectivity index (χ1v) is 12.1. The quantitative estimate of drug-likeness (QED) is 0.602. The van der Waals surface area contributed by atoms with Crippen molar-refractivity contribution in [3.05, 3.63) is 23.0 Å². The number of nitrogens with one attached hydrogen (secondary N) is 1. The van der Waals surface area contributed by atoms with E-state index in [4.69, 9.17) is 0 Å². The molecular formula is C21H30N2O5S2. The fraction of sp³-hybridized carbons (Fsp3) is 0.571. The van der Waals surface area contributed by atoms with E-state index in [0.717, 1.165) is 0 Å². The third-order valence-corrected chi connectivity index (χ3v) is 6.26. The molecule has 0 spiro atoms. The number of carbonyl (C=O) groups excluding carboxylic acids is 5. The summed E-state index contributed by atoms with van der Waals surface area (Å²) in [6.07, 6.45) is 4.19. The summed E-state index contributed by atoms with van der Waals surface area (Å²) in [6, 6.07) is 0. The maximum absolute atomic E-state index is 13.2. The topological polar surface area (TPSA) is 101 Å². The Hall–Kier alpha value is -1.87. The fourth-order valence-corrected chi connectivity index (χ4v) is 4.08. The van der Waals surface area contributed by atoms with Crippen molar-refractivity contribution < 1.29 is 24.0 Å². The zero-order valence-electron chi connectivity index (χ0n) is 17.6. The summed E-state index contributed by atoms with van der Waals surface area (Å²) in [6.45, 7) is 3.76. The van der Waals surface area contributed by atoms with Crippen molar-refractivity contribution in [3.8, 4) is 0 Å². The molecule has 0 aliphatic carbocycles. The molecule has 9 heteroatoms. The Balaban J connectivity index is 2.93. The molecule has 1 rings (SSSR count). The summed E-state index contributed by atoms with van der Waals surface area (Å²) < 4.78 is 0. The van der Waals surface area contributed by atoms with E-state index in [0.29, 0.717) is 11.5 Å². The van der Waals surface area contributed by atoms with Crippen LogP contribution in [0.1, 0.15) is 46.0 Å². The molecule has 0 aromatic carbocycles. The summed E-state index contributed by atoms with van der Waals surface area (Å²) in [5.41, 5.74) is 0. The van der Waals surface area contributed by atoms with Gasteiger partial charge in [0.2, 0.25) is 11.8 Å². The fourth-order valence-electron chi connectivity index (χ4n) is 2.67. The highest BCUT2D eigenvalue weighted by Crippen LogP contribution is 2.16. The molecule has 1 aliphatic heterocycles. The number of Topliss-reactive ketones (excluding diaryl/α,β-unsaturated/α-hetero) is 2. The standard InChI is InChI=1S/C21H30N2O5S2/c1-3-18(25)7-11-23(10-6-16(2)24)21(28)17-4-5-19(26)8-12-29-15-30-13-9-20(27)22-14-17/h8-9,12-13,17H,3-7,10-11,14-15H2,1-2H3,(H,22,27)/b12-8+,13-9+. The number of rotatable bonds is 8. The second-order valence-corrected chi connectivity index (χ2v) is 9.08. The van der Waals surface area contributed by atoms with Crippen molar-refractivity contribution in [2.75, 3.05) is 24.7 Å². The second-order valence-electron chi connectivity index (χ2n) is 6.92. The summed E-state index contributed by atoms with van der Waals surface area (Å²) in [4.78, 5) is 61.9. The number of hydrogen-bond donors (Lipinski definition) is 1. The number of ketones is 3. The Kier molecular flexibility index (Phi) is 13.1. The van der Waals surface area contributed by atoms with Gasteiger partial charge in [-0.2, -0.15) is 0 Å². The molecule has 0 saturated carbocycles. The number of nitrogens with zero attached hydrogens (tertiary/aromatic N) is 1. The SMILES string of the molecule is CCC(=O)CCN(CCC(C)=O)C(=O)C1CCC(=O)/C=C/SCS/C=C/C(=O)NC1. The van der Waals surface area contributed by atoms with Crippen LogP contribution in [0.15, 0.2) is 23.0 Å². The number of carbonyl (C=O) groups is 5. The molecule has 166 valence electrons. The van der Waals surface area contributed by atoms with E-state index in [1.807, 2.05) is 0 Å². The monoisotopic (exact) mass is 454 g/mol. The van der Waals surface area contributed by atoms with Gasteiger partial charge in [-0.1, -0.05) is 6.92 Å². The highest BCUT2D eigenvalue weighted by molar-refractivity contribution is 8.18. The van der Waals surface area contributed by atoms with Gasteiger partial charge in [0.25, 0.3) is 0 Å². The average molecular weight is 455 g/mol. The van der Waals surface area contributed by atoms with Gasteiger partial charge in [-0.3, -0.25) is 24.0 Å². The van der Waals surface area contributed by atoms with Gasteiger partial charge in [-0.25, -0.2) is 0 Å². The van der Waals surface area contributed by atoms with Crippen molar-refractivity contribution in [1.82, 2.24) is 10.2 Å². The van der Waals surface area contributed by atoms with E-state index in [9.17, 15) is 24.0 Å². The van der Waals surface area contributed by atoms with Crippen LogP contribution in [-0.2, 0) is 24.0 Å². The predicted octanol–water partition coefficient (Wildman–Crippen LogP) is 2.71. The Morgan fingerprint density at radius 3 is 2.43 bits per heavy atom. The zero-order valence-corrected chi connectivity index (χ0v) is 19.2. The smallest absolute Gasteiger partial charge is 0.244 e. The Bertz CT molecular complexity index is 661. The maximum Gasteiger partial charge on any atom is 0.244 e. The van der Waals surface area contributed by atoms with Crippen LogP contribution in [0.4, 0.5) is 0 Å². The molecule has 0 saturated heterocycles. The van der Waals surface area contributed by atoms with Crippen molar-refractivity contribution in [1.29, 1.82) is 0 Å². The molecule has 2 amide bonds. The van der Waals surface area contributed by atoms with Crippen molar-refractivity contribution in [2.24, 2.45) is 5.92 Å². The molecule has 0 bridgehead atoms. The van der Waals surface area contributed by atoms with Gasteiger partial charge in [0.15, 0.2) is 5.78 Å². The Morgan fingerprint density at radius 1 is 1.10 bits per heavy atom. The van der Waals surface area contributed by atoms with Crippen LogP contribution < -0.4 is 5.32 Å². The predicted molar refractivity (Wildman–Crippen MR) is 121 cm³/mol. The van der Waals surface area contributed by atoms with E-state index >= 15 is 0 Å². The summed E-state index contributed by atoms with van der Waals surface area (Å²) in [5, 5.41) is 6.81. The Labute approximate surface area is 186 Å². The van der Waals surface area contributed by atoms with Crippen molar-refractivity contribution in [3.63, 3.8) is 0 Å². The normalized spacial score (nSPS) is 20.5. The Morgan fingerprint density at radius 2 is 1.77 bits per heavy atom. The average Bonchev–Trinajstić information content (AvgIpc) is 2.71. The molecule has 0 aromatic heterocycles. The third kappa shape index (κ3) is 11.3. The van der Waals surface area contributed by atoms with Crippen LogP contribution in [0.5, 0.6) is 0 Å². The molecule has 1 unspecified atom stereocenters. The molecule has 0 aromatic rings. The van der Waals surface area contributed by atoms with Gasteiger partial charge in [-0.05, 0) is 30.2 Å². The van der Waals surface area contributed by atoms with E-state index in [1.165, 1.54) is 47.5 Å². The lowest BCUT2D eigenvalue weighted by Gasteiger charge is -2.27. The van der Waals surface area contributed by atoms with E-state index < -0.39 is 5.92 Å². The van der Waals surface area contributed by atoms with Crippen molar-refractivity contribution >= 4 is 52.7 Å². The first-order chi connectivity index (χ1) is 14.3. The molecule has 1 N–H and O–H groups in total. The zero-order chi connectivity index (χ0) is 22.4. The number of hydrogen-bond acceptors (Lipinski definition) is 7. The highest BCUT2D eigenvalue weighted by Gasteiger charge is 2.25. The molecule has 0 radical (unpaired) electrons. The minimum atomic E-state index is -0.605. The lowest BCUT2D eigenvalue weighted by atomic mass is 9.99. The van der Waals surface area contributed by atoms with Gasteiger partial charge in [-0.15, -0.1) is 23.5 Å². The first-order valence-electron chi connectivity index (χ1n) is 10.00. The van der Waals surface area contributed by atoms with Crippen LogP contribution in [-0.4, -0.2) is 58.8 Å². The van der Waals surface area contributed by atoms with Crippen LogP contribution in [0.25, 0.3) is 0 Å². The molecule has 7 nitrogen and oxygen atoms in total. The number of allylic oxidation sites excluding steroid dienone is 1. The molecule has 0 fully saturated rings. The summed E-state index contributed by atoms with van der Waals surface area (Å²) >= 11 is 2.89. The summed E-state index contributed by atoms with van der Waals surface area (Å²) in [7, 11) is 0. The van der Waals surface area contributed by atoms with Crippen molar-refractivity contribution in [2.45, 2.75) is 46.0 Å².